The summed E-state index contributed by atoms with van der Waals surface area (Å²) in [6.07, 6.45) is -0.286. The molecule has 5 aromatic rings. The zero-order valence-electron chi connectivity index (χ0n) is 23.7. The minimum absolute atomic E-state index is 0.0455. The number of benzene rings is 4. The number of fused-ring (bicyclic) bond motifs is 4. The average molecular weight is 665 g/mol. The van der Waals surface area contributed by atoms with Gasteiger partial charge in [-0.25, -0.2) is 9.59 Å². The maximum absolute atomic E-state index is 14.4. The van der Waals surface area contributed by atoms with E-state index in [-0.39, 0.29) is 72.2 Å². The van der Waals surface area contributed by atoms with Gasteiger partial charge in [0.15, 0.2) is 22.5 Å². The van der Waals surface area contributed by atoms with Crippen molar-refractivity contribution in [3.8, 4) is 11.5 Å². The van der Waals surface area contributed by atoms with E-state index in [0.717, 1.165) is 0 Å². The first-order valence-electron chi connectivity index (χ1n) is 13.9. The van der Waals surface area contributed by atoms with Gasteiger partial charge in [0.2, 0.25) is 5.78 Å². The fraction of sp³-hybridized carbons (Fsp3) is 0.114. The van der Waals surface area contributed by atoms with Crippen molar-refractivity contribution >= 4 is 50.4 Å². The normalized spacial score (nSPS) is 18.2. The summed E-state index contributed by atoms with van der Waals surface area (Å²) >= 11 is 3.35. The van der Waals surface area contributed by atoms with E-state index in [0.29, 0.717) is 0 Å². The quantitative estimate of drug-likeness (QED) is 0.117. The average Bonchev–Trinajstić information content (AvgIpc) is 3.67. The third kappa shape index (κ3) is 4.61. The molecule has 1 fully saturated rings. The number of halogens is 1. The first-order chi connectivity index (χ1) is 21.6. The number of hydrogen-bond donors (Lipinski definition) is 0. The minimum Gasteiger partial charge on any atom is -0.457 e. The van der Waals surface area contributed by atoms with Crippen molar-refractivity contribution in [2.75, 3.05) is 0 Å². The molecule has 0 amide bonds. The Bertz CT molecular complexity index is 2170. The highest BCUT2D eigenvalue weighted by atomic mass is 79.9. The Kier molecular flexibility index (Phi) is 6.65. The van der Waals surface area contributed by atoms with Crippen LogP contribution < -0.4 is 14.9 Å². The summed E-state index contributed by atoms with van der Waals surface area (Å²) in [6.45, 7) is 3.53. The van der Waals surface area contributed by atoms with Crippen molar-refractivity contribution in [1.29, 1.82) is 0 Å². The van der Waals surface area contributed by atoms with Gasteiger partial charge < -0.3 is 18.6 Å². The first kappa shape index (κ1) is 28.6. The van der Waals surface area contributed by atoms with Gasteiger partial charge in [0.1, 0.15) is 22.5 Å². The van der Waals surface area contributed by atoms with E-state index in [4.69, 9.17) is 18.6 Å². The smallest absolute Gasteiger partial charge is 0.343 e. The van der Waals surface area contributed by atoms with E-state index in [1.165, 1.54) is 36.4 Å². The van der Waals surface area contributed by atoms with Crippen molar-refractivity contribution in [3.05, 3.63) is 139 Å². The second-order valence-corrected chi connectivity index (χ2v) is 11.7. The number of esters is 2. The lowest BCUT2D eigenvalue weighted by molar-refractivity contribution is 0.0724. The molecule has 2 unspecified atom stereocenters. The van der Waals surface area contributed by atoms with Gasteiger partial charge in [-0.15, -0.1) is 0 Å². The van der Waals surface area contributed by atoms with Crippen molar-refractivity contribution in [2.45, 2.75) is 25.6 Å². The first-order valence-corrected chi connectivity index (χ1v) is 14.7. The van der Waals surface area contributed by atoms with Crippen LogP contribution in [-0.2, 0) is 10.3 Å². The summed E-state index contributed by atoms with van der Waals surface area (Å²) in [7, 11) is 0. The van der Waals surface area contributed by atoms with Gasteiger partial charge in [-0.3, -0.25) is 14.4 Å². The van der Waals surface area contributed by atoms with Crippen LogP contribution in [-0.4, -0.2) is 29.6 Å². The Morgan fingerprint density at radius 2 is 1.38 bits per heavy atom. The lowest BCUT2D eigenvalue weighted by atomic mass is 9.82. The predicted octanol–water partition coefficient (Wildman–Crippen LogP) is 6.40. The van der Waals surface area contributed by atoms with Crippen LogP contribution in [0.3, 0.4) is 0 Å². The molecule has 10 heteroatoms. The molecule has 0 radical (unpaired) electrons. The molecule has 0 bridgehead atoms. The third-order valence-corrected chi connectivity index (χ3v) is 8.69. The number of epoxide rings is 1. The fourth-order valence-electron chi connectivity index (χ4n) is 5.42. The van der Waals surface area contributed by atoms with Gasteiger partial charge in [0, 0.05) is 17.2 Å². The molecular formula is C35H21BrO9. The Morgan fingerprint density at radius 3 is 1.98 bits per heavy atom. The van der Waals surface area contributed by atoms with E-state index in [9.17, 15) is 24.0 Å². The molecule has 9 nitrogen and oxygen atoms in total. The standard InChI is InChI=1S/C35H21BrO9/c1-17-35(2,45-17)25-16-23(37)28-24(42-33(40)18-9-5-3-6-10-18)15-21-27(32(28)43-25)30(39)26-20(29(21)38)13-14-22(36)31(26)44-34(41)19-11-7-4-8-12-19/h3-17H,1-2H3. The van der Waals surface area contributed by atoms with E-state index in [2.05, 4.69) is 15.9 Å². The van der Waals surface area contributed by atoms with Crippen LogP contribution in [0.1, 0.15) is 72.2 Å². The highest BCUT2D eigenvalue weighted by Gasteiger charge is 2.53. The summed E-state index contributed by atoms with van der Waals surface area (Å²) < 4.78 is 23.5. The van der Waals surface area contributed by atoms with Crippen LogP contribution in [0.2, 0.25) is 0 Å². The summed E-state index contributed by atoms with van der Waals surface area (Å²) in [5, 5.41) is -0.207. The largest absolute Gasteiger partial charge is 0.457 e. The van der Waals surface area contributed by atoms with Crippen LogP contribution in [0, 0.1) is 0 Å². The van der Waals surface area contributed by atoms with E-state index in [1.54, 1.807) is 62.4 Å². The molecule has 45 heavy (non-hydrogen) atoms. The Labute approximate surface area is 263 Å². The molecule has 0 N–H and O–H groups in total. The third-order valence-electron chi connectivity index (χ3n) is 8.06. The van der Waals surface area contributed by atoms with E-state index >= 15 is 0 Å². The van der Waals surface area contributed by atoms with Gasteiger partial charge in [0.25, 0.3) is 0 Å². The second kappa shape index (κ2) is 10.5. The SMILES string of the molecule is CC1OC1(C)c1cc(=O)c2c(OC(=O)c3ccccc3)cc3c(c2o1)C(=O)c1c(ccc(Br)c1OC(=O)c1ccccc1)C3=O. The van der Waals surface area contributed by atoms with Crippen LogP contribution in [0.4, 0.5) is 0 Å². The number of ether oxygens (including phenoxy) is 3. The van der Waals surface area contributed by atoms with Crippen LogP contribution in [0.5, 0.6) is 11.5 Å². The predicted molar refractivity (Wildman–Crippen MR) is 164 cm³/mol. The molecule has 0 saturated carbocycles. The Balaban J connectivity index is 1.44. The zero-order chi connectivity index (χ0) is 31.6. The summed E-state index contributed by atoms with van der Waals surface area (Å²) in [5.41, 5.74) is -1.97. The van der Waals surface area contributed by atoms with Gasteiger partial charge in [-0.05, 0) is 72.2 Å². The van der Waals surface area contributed by atoms with Crippen LogP contribution in [0.15, 0.2) is 98.6 Å². The summed E-state index contributed by atoms with van der Waals surface area (Å²) in [5.74, 6) is -3.15. The molecule has 2 heterocycles. The van der Waals surface area contributed by atoms with Crippen molar-refractivity contribution in [1.82, 2.24) is 0 Å². The molecule has 7 rings (SSSR count). The number of hydrogen-bond acceptors (Lipinski definition) is 9. The highest BCUT2D eigenvalue weighted by molar-refractivity contribution is 9.10. The Morgan fingerprint density at radius 1 is 0.778 bits per heavy atom. The van der Waals surface area contributed by atoms with Gasteiger partial charge in [0.05, 0.1) is 32.8 Å². The van der Waals surface area contributed by atoms with Crippen molar-refractivity contribution in [3.63, 3.8) is 0 Å². The molecule has 2 atom stereocenters. The molecular weight excluding hydrogens is 644 g/mol. The maximum Gasteiger partial charge on any atom is 0.343 e. The molecule has 2 aliphatic rings. The molecule has 1 aliphatic carbocycles. The summed E-state index contributed by atoms with van der Waals surface area (Å²) in [4.78, 5) is 68.3. The lowest BCUT2D eigenvalue weighted by Crippen LogP contribution is -2.25. The zero-order valence-corrected chi connectivity index (χ0v) is 25.3. The fourth-order valence-corrected chi connectivity index (χ4v) is 5.83. The molecule has 222 valence electrons. The van der Waals surface area contributed by atoms with Gasteiger partial charge in [-0.2, -0.15) is 0 Å². The second-order valence-electron chi connectivity index (χ2n) is 10.8. The maximum atomic E-state index is 14.4. The molecule has 0 spiro atoms. The van der Waals surface area contributed by atoms with E-state index < -0.39 is 34.5 Å². The number of rotatable bonds is 5. The lowest BCUT2D eigenvalue weighted by Gasteiger charge is -2.22. The molecule has 1 aromatic heterocycles. The number of carbonyl (C=O) groups excluding carboxylic acids is 4. The van der Waals surface area contributed by atoms with Gasteiger partial charge >= 0.3 is 11.9 Å². The van der Waals surface area contributed by atoms with Crippen LogP contribution in [0.25, 0.3) is 11.0 Å². The molecule has 1 saturated heterocycles. The monoisotopic (exact) mass is 664 g/mol. The molecule has 1 aliphatic heterocycles. The molecule has 4 aromatic carbocycles. The van der Waals surface area contributed by atoms with Crippen molar-refractivity contribution in [2.24, 2.45) is 0 Å². The number of carbonyl (C=O) groups is 4. The van der Waals surface area contributed by atoms with Gasteiger partial charge in [-0.1, -0.05) is 36.4 Å². The number of ketones is 2. The topological polar surface area (TPSA) is 129 Å². The van der Waals surface area contributed by atoms with Crippen LogP contribution >= 0.6 is 15.9 Å². The van der Waals surface area contributed by atoms with Crippen molar-refractivity contribution < 1.29 is 37.8 Å². The van der Waals surface area contributed by atoms with E-state index in [1.807, 2.05) is 0 Å². The summed E-state index contributed by atoms with van der Waals surface area (Å²) in [6, 6.07) is 21.6. The highest BCUT2D eigenvalue weighted by Crippen LogP contribution is 2.47. The minimum atomic E-state index is -0.948. The Hall–Kier alpha value is -5.19.